The van der Waals surface area contributed by atoms with Crippen LogP contribution in [0.25, 0.3) is 0 Å². The van der Waals surface area contributed by atoms with Gasteiger partial charge in [0.1, 0.15) is 0 Å². The minimum atomic E-state index is -3.51. The summed E-state index contributed by atoms with van der Waals surface area (Å²) >= 11 is 0. The lowest BCUT2D eigenvalue weighted by atomic mass is 10.2. The maximum absolute atomic E-state index is 12.5. The molecule has 1 rings (SSSR count). The molecule has 0 bridgehead atoms. The molecule has 6 nitrogen and oxygen atoms in total. The lowest BCUT2D eigenvalue weighted by Gasteiger charge is -2.31. The van der Waals surface area contributed by atoms with Crippen LogP contribution in [0.2, 0.25) is 0 Å². The van der Waals surface area contributed by atoms with Crippen LogP contribution in [-0.2, 0) is 14.9 Å². The standard InChI is InChI=1S/C12H21N3O3S/c1-12-5-3-7-15(11-12)19(16,17)14(8-4-6-13)9-10-18-2/h5H,3-4,7-11H2,1-2H3. The van der Waals surface area contributed by atoms with Crippen molar-refractivity contribution >= 4 is 10.2 Å². The van der Waals surface area contributed by atoms with E-state index < -0.39 is 10.2 Å². The van der Waals surface area contributed by atoms with Crippen molar-refractivity contribution < 1.29 is 13.2 Å². The molecule has 0 aromatic carbocycles. The third kappa shape index (κ3) is 4.58. The third-order valence-corrected chi connectivity index (χ3v) is 4.95. The highest BCUT2D eigenvalue weighted by Gasteiger charge is 2.30. The zero-order chi connectivity index (χ0) is 14.3. The Bertz CT molecular complexity index is 453. The molecule has 0 fully saturated rings. The van der Waals surface area contributed by atoms with Crippen LogP contribution in [0.4, 0.5) is 0 Å². The largest absolute Gasteiger partial charge is 0.383 e. The molecule has 108 valence electrons. The molecule has 19 heavy (non-hydrogen) atoms. The molecule has 0 aromatic heterocycles. The molecule has 0 aliphatic carbocycles. The van der Waals surface area contributed by atoms with E-state index in [1.54, 1.807) is 0 Å². The van der Waals surface area contributed by atoms with Gasteiger partial charge in [-0.3, -0.25) is 0 Å². The van der Waals surface area contributed by atoms with Gasteiger partial charge in [0.15, 0.2) is 0 Å². The molecule has 0 radical (unpaired) electrons. The van der Waals surface area contributed by atoms with Crippen molar-refractivity contribution in [2.24, 2.45) is 0 Å². The van der Waals surface area contributed by atoms with E-state index in [0.717, 1.165) is 12.0 Å². The first-order chi connectivity index (χ1) is 9.02. The van der Waals surface area contributed by atoms with Gasteiger partial charge in [-0.25, -0.2) is 0 Å². The predicted octanol–water partition coefficient (Wildman–Crippen LogP) is 0.745. The number of hydrogen-bond acceptors (Lipinski definition) is 4. The second kappa shape index (κ2) is 7.60. The molecule has 7 heteroatoms. The quantitative estimate of drug-likeness (QED) is 0.648. The summed E-state index contributed by atoms with van der Waals surface area (Å²) < 4.78 is 32.7. The minimum absolute atomic E-state index is 0.186. The van der Waals surface area contributed by atoms with Crippen LogP contribution in [0.5, 0.6) is 0 Å². The van der Waals surface area contributed by atoms with Gasteiger partial charge in [-0.15, -0.1) is 0 Å². The average Bonchev–Trinajstić information content (AvgIpc) is 2.38. The summed E-state index contributed by atoms with van der Waals surface area (Å²) in [6.07, 6.45) is 2.98. The van der Waals surface area contributed by atoms with Gasteiger partial charge < -0.3 is 4.74 Å². The van der Waals surface area contributed by atoms with Crippen molar-refractivity contribution in [3.63, 3.8) is 0 Å². The number of nitriles is 1. The first-order valence-electron chi connectivity index (χ1n) is 6.29. The summed E-state index contributed by atoms with van der Waals surface area (Å²) in [5, 5.41) is 8.63. The maximum atomic E-state index is 12.5. The first kappa shape index (κ1) is 16.1. The lowest BCUT2D eigenvalue weighted by Crippen LogP contribution is -2.47. The topological polar surface area (TPSA) is 73.6 Å². The van der Waals surface area contributed by atoms with Crippen LogP contribution in [0, 0.1) is 11.3 Å². The molecule has 1 aliphatic heterocycles. The highest BCUT2D eigenvalue weighted by atomic mass is 32.2. The van der Waals surface area contributed by atoms with Crippen LogP contribution in [0.3, 0.4) is 0 Å². The highest BCUT2D eigenvalue weighted by molar-refractivity contribution is 7.86. The van der Waals surface area contributed by atoms with Crippen molar-refractivity contribution in [1.82, 2.24) is 8.61 Å². The monoisotopic (exact) mass is 287 g/mol. The Hall–Kier alpha value is -0.940. The van der Waals surface area contributed by atoms with E-state index in [0.29, 0.717) is 19.7 Å². The second-order valence-electron chi connectivity index (χ2n) is 4.48. The smallest absolute Gasteiger partial charge is 0.282 e. The Morgan fingerprint density at radius 3 is 2.84 bits per heavy atom. The van der Waals surface area contributed by atoms with Crippen LogP contribution >= 0.6 is 0 Å². The molecular formula is C12H21N3O3S. The van der Waals surface area contributed by atoms with Gasteiger partial charge in [-0.05, 0) is 13.3 Å². The van der Waals surface area contributed by atoms with Crippen molar-refractivity contribution in [3.05, 3.63) is 11.6 Å². The molecule has 0 atom stereocenters. The van der Waals surface area contributed by atoms with E-state index >= 15 is 0 Å². The number of hydrogen-bond donors (Lipinski definition) is 0. The molecule has 1 heterocycles. The fourth-order valence-electron chi connectivity index (χ4n) is 1.95. The van der Waals surface area contributed by atoms with Gasteiger partial charge in [-0.1, -0.05) is 11.6 Å². The van der Waals surface area contributed by atoms with E-state index in [9.17, 15) is 8.42 Å². The SMILES string of the molecule is COCCN(CCC#N)S(=O)(=O)N1CCC=C(C)C1. The van der Waals surface area contributed by atoms with Crippen LogP contribution < -0.4 is 0 Å². The molecule has 0 saturated heterocycles. The number of ether oxygens (including phenoxy) is 1. The fourth-order valence-corrected chi connectivity index (χ4v) is 3.60. The Balaban J connectivity index is 2.79. The molecule has 0 N–H and O–H groups in total. The minimum Gasteiger partial charge on any atom is -0.383 e. The van der Waals surface area contributed by atoms with Crippen molar-refractivity contribution in [3.8, 4) is 6.07 Å². The van der Waals surface area contributed by atoms with Gasteiger partial charge in [0.2, 0.25) is 0 Å². The molecule has 0 spiro atoms. The Morgan fingerprint density at radius 2 is 2.26 bits per heavy atom. The third-order valence-electron chi connectivity index (χ3n) is 2.97. The zero-order valence-corrected chi connectivity index (χ0v) is 12.3. The van der Waals surface area contributed by atoms with Crippen LogP contribution in [-0.4, -0.2) is 56.9 Å². The lowest BCUT2D eigenvalue weighted by molar-refractivity contribution is 0.176. The van der Waals surface area contributed by atoms with Gasteiger partial charge in [0.25, 0.3) is 10.2 Å². The second-order valence-corrected chi connectivity index (χ2v) is 6.41. The average molecular weight is 287 g/mol. The van der Waals surface area contributed by atoms with Crippen LogP contribution in [0.15, 0.2) is 11.6 Å². The van der Waals surface area contributed by atoms with Gasteiger partial charge in [-0.2, -0.15) is 22.3 Å². The van der Waals surface area contributed by atoms with Gasteiger partial charge >= 0.3 is 0 Å². The number of rotatable bonds is 7. The molecular weight excluding hydrogens is 266 g/mol. The van der Waals surface area contributed by atoms with E-state index in [2.05, 4.69) is 6.08 Å². The zero-order valence-electron chi connectivity index (χ0n) is 11.5. The Labute approximate surface area is 115 Å². The van der Waals surface area contributed by atoms with Crippen molar-refractivity contribution in [1.29, 1.82) is 5.26 Å². The van der Waals surface area contributed by atoms with Gasteiger partial charge in [0, 0.05) is 39.7 Å². The van der Waals surface area contributed by atoms with E-state index in [1.807, 2.05) is 13.0 Å². The number of nitrogens with zero attached hydrogens (tertiary/aromatic N) is 3. The molecule has 0 unspecified atom stereocenters. The summed E-state index contributed by atoms with van der Waals surface area (Å²) in [5.74, 6) is 0. The van der Waals surface area contributed by atoms with Gasteiger partial charge in [0.05, 0.1) is 12.7 Å². The molecule has 0 aromatic rings. The Kier molecular flexibility index (Phi) is 6.45. The highest BCUT2D eigenvalue weighted by Crippen LogP contribution is 2.16. The van der Waals surface area contributed by atoms with E-state index in [1.165, 1.54) is 15.7 Å². The predicted molar refractivity (Wildman–Crippen MR) is 72.5 cm³/mol. The fraction of sp³-hybridized carbons (Fsp3) is 0.750. The molecule has 1 aliphatic rings. The molecule has 0 amide bonds. The normalized spacial score (nSPS) is 17.3. The summed E-state index contributed by atoms with van der Waals surface area (Å²) in [6, 6.07) is 1.98. The van der Waals surface area contributed by atoms with Crippen LogP contribution in [0.1, 0.15) is 19.8 Å². The van der Waals surface area contributed by atoms with E-state index in [4.69, 9.17) is 10.00 Å². The summed E-state index contributed by atoms with van der Waals surface area (Å²) in [4.78, 5) is 0. The Morgan fingerprint density at radius 1 is 1.53 bits per heavy atom. The summed E-state index contributed by atoms with van der Waals surface area (Å²) in [5.41, 5.74) is 1.06. The summed E-state index contributed by atoms with van der Waals surface area (Å²) in [7, 11) is -1.98. The van der Waals surface area contributed by atoms with E-state index in [-0.39, 0.29) is 19.5 Å². The van der Waals surface area contributed by atoms with Crippen molar-refractivity contribution in [2.75, 3.05) is 39.9 Å². The summed E-state index contributed by atoms with van der Waals surface area (Å²) in [6.45, 7) is 3.67. The first-order valence-corrected chi connectivity index (χ1v) is 7.68. The van der Waals surface area contributed by atoms with Crippen molar-refractivity contribution in [2.45, 2.75) is 19.8 Å². The maximum Gasteiger partial charge on any atom is 0.282 e. The molecule has 0 saturated carbocycles. The number of methoxy groups -OCH3 is 1.